The highest BCUT2D eigenvalue weighted by Crippen LogP contribution is 2.44. The van der Waals surface area contributed by atoms with Crippen LogP contribution < -0.4 is 0 Å². The van der Waals surface area contributed by atoms with E-state index in [-0.39, 0.29) is 35.0 Å². The molecule has 0 N–H and O–H groups in total. The number of hydrogen-bond acceptors (Lipinski definition) is 2. The minimum absolute atomic E-state index is 0.169. The summed E-state index contributed by atoms with van der Waals surface area (Å²) in [5.41, 5.74) is 2.46. The third-order valence-electron chi connectivity index (χ3n) is 5.64. The van der Waals surface area contributed by atoms with Crippen LogP contribution in [-0.2, 0) is 14.7 Å². The zero-order valence-corrected chi connectivity index (χ0v) is 18.0. The van der Waals surface area contributed by atoms with Crippen LogP contribution in [0, 0.1) is 5.41 Å². The molecule has 0 saturated carbocycles. The fraction of sp³-hybridized carbons (Fsp3) is 0.727. The fourth-order valence-electron chi connectivity index (χ4n) is 3.31. The Labute approximate surface area is 155 Å². The van der Waals surface area contributed by atoms with Gasteiger partial charge in [0.1, 0.15) is 0 Å². The van der Waals surface area contributed by atoms with E-state index in [0.717, 1.165) is 6.42 Å². The lowest BCUT2D eigenvalue weighted by Crippen LogP contribution is -2.41. The zero-order chi connectivity index (χ0) is 19.3. The second-order valence-corrected chi connectivity index (χ2v) is 10.9. The highest BCUT2D eigenvalue weighted by atomic mass is 16.7. The van der Waals surface area contributed by atoms with E-state index in [1.807, 2.05) is 0 Å². The van der Waals surface area contributed by atoms with E-state index in [4.69, 9.17) is 9.31 Å². The molecular weight excluding hydrogens is 307 g/mol. The molecule has 0 bridgehead atoms. The lowest BCUT2D eigenvalue weighted by atomic mass is 9.62. The van der Waals surface area contributed by atoms with Crippen molar-refractivity contribution < 1.29 is 9.31 Å². The van der Waals surface area contributed by atoms with Gasteiger partial charge in [0.15, 0.2) is 0 Å². The molecule has 1 atom stereocenters. The SMILES string of the molecule is CC(C)(C)CC(B1OC(C)(C)C(C)(C)O1)c1ccc(C(C)(C)C)cc1. The van der Waals surface area contributed by atoms with Gasteiger partial charge in [-0.25, -0.2) is 0 Å². The Balaban J connectivity index is 2.35. The number of benzene rings is 1. The molecule has 1 aromatic rings. The molecule has 140 valence electrons. The molecule has 25 heavy (non-hydrogen) atoms. The summed E-state index contributed by atoms with van der Waals surface area (Å²) in [5.74, 6) is 0.232. The first-order chi connectivity index (χ1) is 11.1. The van der Waals surface area contributed by atoms with Crippen LogP contribution in [0.4, 0.5) is 0 Å². The van der Waals surface area contributed by atoms with E-state index >= 15 is 0 Å². The largest absolute Gasteiger partial charge is 0.465 e. The van der Waals surface area contributed by atoms with Crippen molar-refractivity contribution in [2.24, 2.45) is 5.41 Å². The summed E-state index contributed by atoms with van der Waals surface area (Å²) in [6.45, 7) is 22.1. The molecule has 0 radical (unpaired) electrons. The standard InChI is InChI=1S/C22H37BO2/c1-19(2,3)15-18(23-24-21(7,8)22(9,10)25-23)16-11-13-17(14-12-16)20(4,5)6/h11-14,18H,15H2,1-10H3. The number of rotatable bonds is 3. The maximum absolute atomic E-state index is 6.40. The van der Waals surface area contributed by atoms with Gasteiger partial charge < -0.3 is 9.31 Å². The fourth-order valence-corrected chi connectivity index (χ4v) is 3.31. The van der Waals surface area contributed by atoms with E-state index in [1.54, 1.807) is 0 Å². The van der Waals surface area contributed by atoms with Gasteiger partial charge in [0.05, 0.1) is 11.2 Å². The summed E-state index contributed by atoms with van der Waals surface area (Å²) in [7, 11) is -0.204. The first-order valence-electron chi connectivity index (χ1n) is 9.58. The smallest absolute Gasteiger partial charge is 0.403 e. The van der Waals surface area contributed by atoms with Crippen LogP contribution in [0.1, 0.15) is 92.6 Å². The van der Waals surface area contributed by atoms with E-state index in [0.29, 0.717) is 0 Å². The molecule has 1 aliphatic rings. The van der Waals surface area contributed by atoms with Crippen molar-refractivity contribution in [1.82, 2.24) is 0 Å². The molecule has 0 aliphatic carbocycles. The summed E-state index contributed by atoms with van der Waals surface area (Å²) >= 11 is 0. The lowest BCUT2D eigenvalue weighted by molar-refractivity contribution is 0.00578. The van der Waals surface area contributed by atoms with Gasteiger partial charge in [-0.05, 0) is 56.1 Å². The van der Waals surface area contributed by atoms with Crippen LogP contribution in [0.15, 0.2) is 24.3 Å². The van der Waals surface area contributed by atoms with Gasteiger partial charge in [-0.1, -0.05) is 65.8 Å². The molecule has 0 aromatic heterocycles. The average molecular weight is 344 g/mol. The Hall–Kier alpha value is -0.795. The number of hydrogen-bond donors (Lipinski definition) is 0. The molecule has 0 amide bonds. The molecule has 3 heteroatoms. The van der Waals surface area contributed by atoms with Crippen LogP contribution in [0.3, 0.4) is 0 Å². The topological polar surface area (TPSA) is 18.5 Å². The maximum atomic E-state index is 6.40. The second-order valence-electron chi connectivity index (χ2n) is 10.9. The van der Waals surface area contributed by atoms with Crippen molar-refractivity contribution in [2.45, 2.75) is 98.1 Å². The molecule has 2 nitrogen and oxygen atoms in total. The maximum Gasteiger partial charge on any atom is 0.465 e. The van der Waals surface area contributed by atoms with Gasteiger partial charge in [-0.2, -0.15) is 0 Å². The van der Waals surface area contributed by atoms with Crippen LogP contribution in [0.5, 0.6) is 0 Å². The minimum atomic E-state index is -0.293. The highest BCUT2D eigenvalue weighted by molar-refractivity contribution is 6.47. The van der Waals surface area contributed by atoms with Crippen LogP contribution in [0.2, 0.25) is 0 Å². The molecule has 1 unspecified atom stereocenters. The summed E-state index contributed by atoms with van der Waals surface area (Å²) < 4.78 is 12.8. The quantitative estimate of drug-likeness (QED) is 0.614. The molecule has 1 aromatic carbocycles. The zero-order valence-electron chi connectivity index (χ0n) is 18.0. The molecular formula is C22H37BO2. The second kappa shape index (κ2) is 6.42. The lowest BCUT2D eigenvalue weighted by Gasteiger charge is -2.32. The Morgan fingerprint density at radius 3 is 1.64 bits per heavy atom. The van der Waals surface area contributed by atoms with Gasteiger partial charge >= 0.3 is 7.12 Å². The predicted octanol–water partition coefficient (Wildman–Crippen LogP) is 6.14. The van der Waals surface area contributed by atoms with Gasteiger partial charge in [-0.3, -0.25) is 0 Å². The summed E-state index contributed by atoms with van der Waals surface area (Å²) in [6, 6.07) is 9.05. The molecule has 1 aliphatic heterocycles. The Morgan fingerprint density at radius 2 is 1.28 bits per heavy atom. The summed E-state index contributed by atoms with van der Waals surface area (Å²) in [6.07, 6.45) is 1.03. The van der Waals surface area contributed by atoms with Crippen molar-refractivity contribution in [3.63, 3.8) is 0 Å². The minimum Gasteiger partial charge on any atom is -0.403 e. The molecule has 2 rings (SSSR count). The van der Waals surface area contributed by atoms with Crippen molar-refractivity contribution >= 4 is 7.12 Å². The van der Waals surface area contributed by atoms with Gasteiger partial charge in [-0.15, -0.1) is 0 Å². The Morgan fingerprint density at radius 1 is 0.840 bits per heavy atom. The normalized spacial score (nSPS) is 21.4. The highest BCUT2D eigenvalue weighted by Gasteiger charge is 2.54. The first kappa shape index (κ1) is 20.5. The third kappa shape index (κ3) is 4.68. The Kier molecular flexibility index (Phi) is 5.27. The summed E-state index contributed by atoms with van der Waals surface area (Å²) in [5, 5.41) is 0. The Bertz CT molecular complexity index is 572. The van der Waals surface area contributed by atoms with Crippen molar-refractivity contribution in [2.75, 3.05) is 0 Å². The van der Waals surface area contributed by atoms with E-state index in [2.05, 4.69) is 93.5 Å². The van der Waals surface area contributed by atoms with Crippen molar-refractivity contribution in [1.29, 1.82) is 0 Å². The van der Waals surface area contributed by atoms with E-state index in [1.165, 1.54) is 11.1 Å². The molecule has 1 fully saturated rings. The van der Waals surface area contributed by atoms with Gasteiger partial charge in [0.2, 0.25) is 0 Å². The molecule has 1 heterocycles. The monoisotopic (exact) mass is 344 g/mol. The average Bonchev–Trinajstić information content (AvgIpc) is 2.63. The molecule has 1 saturated heterocycles. The van der Waals surface area contributed by atoms with E-state index < -0.39 is 0 Å². The third-order valence-corrected chi connectivity index (χ3v) is 5.64. The predicted molar refractivity (Wildman–Crippen MR) is 108 cm³/mol. The van der Waals surface area contributed by atoms with Gasteiger partial charge in [0, 0.05) is 5.82 Å². The van der Waals surface area contributed by atoms with Crippen LogP contribution >= 0.6 is 0 Å². The van der Waals surface area contributed by atoms with E-state index in [9.17, 15) is 0 Å². The van der Waals surface area contributed by atoms with Crippen LogP contribution in [0.25, 0.3) is 0 Å². The summed E-state index contributed by atoms with van der Waals surface area (Å²) in [4.78, 5) is 0. The molecule has 0 spiro atoms. The van der Waals surface area contributed by atoms with Crippen molar-refractivity contribution in [3.8, 4) is 0 Å². The first-order valence-corrected chi connectivity index (χ1v) is 9.58. The van der Waals surface area contributed by atoms with Crippen LogP contribution in [-0.4, -0.2) is 18.3 Å². The van der Waals surface area contributed by atoms with Gasteiger partial charge in [0.25, 0.3) is 0 Å². The van der Waals surface area contributed by atoms with Crippen molar-refractivity contribution in [3.05, 3.63) is 35.4 Å².